The van der Waals surface area contributed by atoms with Gasteiger partial charge in [0.25, 0.3) is 5.91 Å². The molecule has 0 radical (unpaired) electrons. The van der Waals surface area contributed by atoms with E-state index in [1.54, 1.807) is 24.3 Å². The number of nitrogens with zero attached hydrogens (tertiary/aromatic N) is 2. The van der Waals surface area contributed by atoms with Crippen molar-refractivity contribution in [2.24, 2.45) is 11.7 Å². The summed E-state index contributed by atoms with van der Waals surface area (Å²) in [7, 11) is 0.549. The highest BCUT2D eigenvalue weighted by Gasteiger charge is 2.36. The van der Waals surface area contributed by atoms with E-state index in [9.17, 15) is 14.4 Å². The number of nitrogens with two attached hydrogens (primary N) is 1. The molecule has 4 amide bonds. The molecule has 1 aromatic heterocycles. The molecule has 0 aliphatic rings. The zero-order valence-corrected chi connectivity index (χ0v) is 19.7. The third-order valence-electron chi connectivity index (χ3n) is 4.26. The van der Waals surface area contributed by atoms with Gasteiger partial charge in [0.05, 0.1) is 10.7 Å². The van der Waals surface area contributed by atoms with Crippen molar-refractivity contribution in [3.63, 3.8) is 0 Å². The van der Waals surface area contributed by atoms with E-state index >= 15 is 0 Å². The van der Waals surface area contributed by atoms with Crippen LogP contribution in [-0.2, 0) is 4.79 Å². The Morgan fingerprint density at radius 3 is 2.48 bits per heavy atom. The molecule has 7 nitrogen and oxygen atoms in total. The second-order valence-corrected chi connectivity index (χ2v) is 10.4. The van der Waals surface area contributed by atoms with E-state index in [0.717, 1.165) is 4.90 Å². The van der Waals surface area contributed by atoms with E-state index in [4.69, 9.17) is 17.3 Å². The van der Waals surface area contributed by atoms with Gasteiger partial charge in [0, 0.05) is 27.2 Å². The largest absolute Gasteiger partial charge is 0.351 e. The van der Waals surface area contributed by atoms with Crippen LogP contribution >= 0.6 is 11.6 Å². The Labute approximate surface area is 178 Å². The summed E-state index contributed by atoms with van der Waals surface area (Å²) in [6, 6.07) is 8.61. The van der Waals surface area contributed by atoms with Gasteiger partial charge >= 0.3 is 6.03 Å². The molecular formula is C20H25ClN4O3Si. The third-order valence-corrected chi connectivity index (χ3v) is 5.40. The van der Waals surface area contributed by atoms with Gasteiger partial charge in [-0.25, -0.2) is 9.69 Å². The predicted molar refractivity (Wildman–Crippen MR) is 118 cm³/mol. The molecule has 0 fully saturated rings. The maximum Gasteiger partial charge on any atom is 0.326 e. The second kappa shape index (κ2) is 9.19. The zero-order valence-electron chi connectivity index (χ0n) is 16.9. The Morgan fingerprint density at radius 2 is 1.97 bits per heavy atom. The molecule has 2 rings (SSSR count). The Morgan fingerprint density at radius 1 is 1.28 bits per heavy atom. The highest BCUT2D eigenvalue weighted by atomic mass is 35.5. The lowest BCUT2D eigenvalue weighted by molar-refractivity contribution is -0.120. The van der Waals surface area contributed by atoms with Crippen molar-refractivity contribution in [2.75, 3.05) is 10.2 Å². The van der Waals surface area contributed by atoms with Crippen LogP contribution in [-0.4, -0.2) is 33.1 Å². The molecular weight excluding hydrogens is 408 g/mol. The molecule has 0 saturated carbocycles. The summed E-state index contributed by atoms with van der Waals surface area (Å²) in [5, 5.41) is 2.14. The molecule has 0 bridgehead atoms. The number of carbonyl (C=O) groups is 3. The molecule has 9 heteroatoms. The molecule has 0 saturated heterocycles. The summed E-state index contributed by atoms with van der Waals surface area (Å²) < 4.78 is 0. The zero-order chi connectivity index (χ0) is 21.8. The number of pyridine rings is 1. The number of anilines is 2. The van der Waals surface area contributed by atoms with Crippen molar-refractivity contribution >= 4 is 51.1 Å². The molecule has 1 aromatic carbocycles. The predicted octanol–water partition coefficient (Wildman–Crippen LogP) is 2.99. The fraction of sp³-hybridized carbons (Fsp3) is 0.300. The monoisotopic (exact) mass is 432 g/mol. The van der Waals surface area contributed by atoms with Crippen molar-refractivity contribution in [1.82, 2.24) is 4.98 Å². The van der Waals surface area contributed by atoms with Crippen molar-refractivity contribution in [1.29, 1.82) is 0 Å². The number of urea groups is 1. The number of halogens is 1. The number of carbonyl (C=O) groups excluding carboxylic acids is 3. The first-order valence-electron chi connectivity index (χ1n) is 9.19. The van der Waals surface area contributed by atoms with Crippen molar-refractivity contribution < 1.29 is 14.4 Å². The number of primary amides is 1. The third kappa shape index (κ3) is 5.64. The Hall–Kier alpha value is -2.71. The van der Waals surface area contributed by atoms with Gasteiger partial charge in [-0.1, -0.05) is 38.4 Å². The van der Waals surface area contributed by atoms with Crippen LogP contribution in [0.15, 0.2) is 42.6 Å². The Kier molecular flexibility index (Phi) is 7.15. The second-order valence-electron chi connectivity index (χ2n) is 7.80. The van der Waals surface area contributed by atoms with Crippen LogP contribution in [0, 0.1) is 5.92 Å². The highest BCUT2D eigenvalue weighted by molar-refractivity contribution is 6.38. The van der Waals surface area contributed by atoms with E-state index in [1.165, 1.54) is 18.3 Å². The molecule has 154 valence electrons. The lowest BCUT2D eigenvalue weighted by atomic mass is 9.96. The molecule has 0 aliphatic carbocycles. The first-order valence-corrected chi connectivity index (χ1v) is 10.6. The normalized spacial score (nSPS) is 13.0. The number of imide groups is 1. The van der Waals surface area contributed by atoms with Crippen LogP contribution in [0.1, 0.15) is 37.7 Å². The number of hydrogen-bond donors (Lipinski definition) is 2. The fourth-order valence-corrected chi connectivity index (χ4v) is 4.50. The summed E-state index contributed by atoms with van der Waals surface area (Å²) in [6.45, 7) is 5.86. The first kappa shape index (κ1) is 22.6. The van der Waals surface area contributed by atoms with Crippen LogP contribution < -0.4 is 16.0 Å². The first-order chi connectivity index (χ1) is 13.5. The number of nitrogens with one attached hydrogen (secondary N) is 1. The number of amides is 4. The van der Waals surface area contributed by atoms with Crippen LogP contribution in [0.25, 0.3) is 0 Å². The van der Waals surface area contributed by atoms with Crippen LogP contribution in [0.3, 0.4) is 0 Å². The van der Waals surface area contributed by atoms with Gasteiger partial charge in [0.1, 0.15) is 5.69 Å². The van der Waals surface area contributed by atoms with Gasteiger partial charge in [-0.2, -0.15) is 0 Å². The van der Waals surface area contributed by atoms with Gasteiger partial charge in [-0.15, -0.1) is 0 Å². The van der Waals surface area contributed by atoms with Gasteiger partial charge < -0.3 is 11.1 Å². The Balaban J connectivity index is 2.29. The topological polar surface area (TPSA) is 105 Å². The maximum atomic E-state index is 13.1. The smallest absolute Gasteiger partial charge is 0.326 e. The van der Waals surface area contributed by atoms with E-state index in [0.29, 0.717) is 22.4 Å². The molecule has 1 atom stereocenters. The summed E-state index contributed by atoms with van der Waals surface area (Å²) >= 11 is 6.34. The summed E-state index contributed by atoms with van der Waals surface area (Å²) in [5.74, 6) is -0.491. The number of aromatic nitrogens is 1. The SMILES string of the molecule is CC(C)CC(C)([SiH3])C(=O)N(C(N)=O)c1ccc(NC(=O)c2ccccn2)cc1Cl. The molecule has 1 heterocycles. The number of rotatable bonds is 6. The standard InChI is InChI=1S/C20H25ClN4O3Si/c1-12(2)11-20(3,29)18(27)25(19(22)28)16-8-7-13(10-14(16)21)24-17(26)15-6-4-5-9-23-15/h4-10,12H,11H2,1-3,29H3,(H2,22,28)(H,24,26). The molecule has 2 aromatic rings. The quantitative estimate of drug-likeness (QED) is 0.684. The lowest BCUT2D eigenvalue weighted by Gasteiger charge is -2.31. The average Bonchev–Trinajstić information content (AvgIpc) is 2.63. The van der Waals surface area contributed by atoms with Crippen LogP contribution in [0.4, 0.5) is 16.2 Å². The number of hydrogen-bond acceptors (Lipinski definition) is 4. The molecule has 1 unspecified atom stereocenters. The van der Waals surface area contributed by atoms with Crippen molar-refractivity contribution in [3.05, 3.63) is 53.3 Å². The van der Waals surface area contributed by atoms with E-state index in [2.05, 4.69) is 10.3 Å². The van der Waals surface area contributed by atoms with Gasteiger partial charge in [0.15, 0.2) is 0 Å². The van der Waals surface area contributed by atoms with E-state index < -0.39 is 17.0 Å². The fourth-order valence-electron chi connectivity index (χ4n) is 3.20. The molecule has 0 aliphatic heterocycles. The van der Waals surface area contributed by atoms with Crippen LogP contribution in [0.2, 0.25) is 10.1 Å². The minimum Gasteiger partial charge on any atom is -0.351 e. The molecule has 29 heavy (non-hydrogen) atoms. The molecule has 3 N–H and O–H groups in total. The minimum atomic E-state index is -0.895. The van der Waals surface area contributed by atoms with E-state index in [-0.39, 0.29) is 28.2 Å². The van der Waals surface area contributed by atoms with Gasteiger partial charge in [-0.05, 0) is 42.7 Å². The summed E-state index contributed by atoms with van der Waals surface area (Å²) in [5.41, 5.74) is 6.35. The van der Waals surface area contributed by atoms with E-state index in [1.807, 2.05) is 20.8 Å². The Bertz CT molecular complexity index is 919. The van der Waals surface area contributed by atoms with Gasteiger partial charge in [0.2, 0.25) is 5.91 Å². The van der Waals surface area contributed by atoms with Gasteiger partial charge in [-0.3, -0.25) is 14.6 Å². The number of benzene rings is 1. The van der Waals surface area contributed by atoms with Crippen LogP contribution in [0.5, 0.6) is 0 Å². The minimum absolute atomic E-state index is 0.123. The summed E-state index contributed by atoms with van der Waals surface area (Å²) in [6.07, 6.45) is 2.15. The molecule has 0 spiro atoms. The lowest BCUT2D eigenvalue weighted by Crippen LogP contribution is -2.46. The van der Waals surface area contributed by atoms with Crippen molar-refractivity contribution in [2.45, 2.75) is 32.2 Å². The van der Waals surface area contributed by atoms with Crippen molar-refractivity contribution in [3.8, 4) is 0 Å². The highest BCUT2D eigenvalue weighted by Crippen LogP contribution is 2.37. The average molecular weight is 433 g/mol. The summed E-state index contributed by atoms with van der Waals surface area (Å²) in [4.78, 5) is 42.3. The maximum absolute atomic E-state index is 13.1.